The maximum absolute atomic E-state index is 5.94. The molecule has 2 aromatic carbocycles. The minimum atomic E-state index is 0.354. The molecule has 0 aromatic heterocycles. The maximum Gasteiger partial charge on any atom is 0.0415 e. The van der Waals surface area contributed by atoms with Gasteiger partial charge < -0.3 is 5.32 Å². The zero-order valence-electron chi connectivity index (χ0n) is 11.0. The van der Waals surface area contributed by atoms with Crippen LogP contribution in [0.15, 0.2) is 59.5 Å². The van der Waals surface area contributed by atoms with Gasteiger partial charge >= 0.3 is 0 Å². The molecule has 0 heterocycles. The first-order chi connectivity index (χ1) is 9.29. The van der Waals surface area contributed by atoms with Crippen LogP contribution in [0.3, 0.4) is 0 Å². The molecule has 0 aliphatic carbocycles. The van der Waals surface area contributed by atoms with Gasteiger partial charge in [0.15, 0.2) is 0 Å². The molecule has 2 aromatic rings. The zero-order valence-corrected chi connectivity index (χ0v) is 12.5. The molecule has 1 N–H and O–H groups in total. The van der Waals surface area contributed by atoms with Crippen LogP contribution in [0.4, 0.5) is 0 Å². The van der Waals surface area contributed by atoms with E-state index in [1.807, 2.05) is 30.0 Å². The Hall–Kier alpha value is -0.960. The largest absolute Gasteiger partial charge is 0.309 e. The van der Waals surface area contributed by atoms with E-state index in [9.17, 15) is 0 Å². The van der Waals surface area contributed by atoms with Gasteiger partial charge in [0.2, 0.25) is 0 Å². The van der Waals surface area contributed by atoms with E-state index in [1.165, 1.54) is 10.5 Å². The van der Waals surface area contributed by atoms with E-state index in [0.717, 1.165) is 17.3 Å². The molecule has 0 amide bonds. The van der Waals surface area contributed by atoms with Gasteiger partial charge in [0.05, 0.1) is 0 Å². The smallest absolute Gasteiger partial charge is 0.0415 e. The molecule has 1 unspecified atom stereocenters. The molecule has 1 atom stereocenters. The zero-order chi connectivity index (χ0) is 13.5. The van der Waals surface area contributed by atoms with Gasteiger partial charge in [0.25, 0.3) is 0 Å². The van der Waals surface area contributed by atoms with Crippen molar-refractivity contribution in [2.45, 2.75) is 17.9 Å². The highest BCUT2D eigenvalue weighted by Gasteiger charge is 2.10. The van der Waals surface area contributed by atoms with Crippen molar-refractivity contribution in [1.29, 1.82) is 0 Å². The Labute approximate surface area is 124 Å². The normalized spacial score (nSPS) is 12.3. The molecule has 0 saturated carbocycles. The maximum atomic E-state index is 5.94. The third-order valence-corrected chi connectivity index (χ3v) is 4.24. The van der Waals surface area contributed by atoms with Crippen molar-refractivity contribution in [3.63, 3.8) is 0 Å². The number of hydrogen-bond acceptors (Lipinski definition) is 2. The molecule has 0 radical (unpaired) electrons. The monoisotopic (exact) mass is 291 g/mol. The van der Waals surface area contributed by atoms with Crippen LogP contribution in [-0.2, 0) is 0 Å². The molecule has 0 fully saturated rings. The Morgan fingerprint density at radius 2 is 1.74 bits per heavy atom. The van der Waals surface area contributed by atoms with Crippen molar-refractivity contribution in [1.82, 2.24) is 5.32 Å². The van der Waals surface area contributed by atoms with E-state index in [1.54, 1.807) is 0 Å². The quantitative estimate of drug-likeness (QED) is 0.769. The lowest BCUT2D eigenvalue weighted by atomic mass is 10.1. The van der Waals surface area contributed by atoms with Gasteiger partial charge in [-0.25, -0.2) is 0 Å². The van der Waals surface area contributed by atoms with E-state index in [0.29, 0.717) is 6.04 Å². The number of thioether (sulfide) groups is 1. The number of rotatable bonds is 6. The fourth-order valence-corrected chi connectivity index (χ4v) is 3.06. The molecule has 0 aliphatic heterocycles. The third-order valence-electron chi connectivity index (χ3n) is 2.88. The van der Waals surface area contributed by atoms with Gasteiger partial charge in [0.1, 0.15) is 0 Å². The van der Waals surface area contributed by atoms with Gasteiger partial charge in [-0.05, 0) is 36.4 Å². The van der Waals surface area contributed by atoms with Crippen LogP contribution >= 0.6 is 23.4 Å². The summed E-state index contributed by atoms with van der Waals surface area (Å²) in [6, 6.07) is 19.0. The van der Waals surface area contributed by atoms with E-state index < -0.39 is 0 Å². The molecule has 1 nitrogen and oxygen atoms in total. The molecule has 0 spiro atoms. The summed E-state index contributed by atoms with van der Waals surface area (Å²) in [4.78, 5) is 1.30. The van der Waals surface area contributed by atoms with Gasteiger partial charge in [-0.15, -0.1) is 11.8 Å². The Balaban J connectivity index is 2.02. The van der Waals surface area contributed by atoms with Crippen LogP contribution in [0.2, 0.25) is 5.02 Å². The summed E-state index contributed by atoms with van der Waals surface area (Å²) in [6.45, 7) is 3.10. The average Bonchev–Trinajstić information content (AvgIpc) is 2.46. The van der Waals surface area contributed by atoms with E-state index in [-0.39, 0.29) is 0 Å². The van der Waals surface area contributed by atoms with E-state index in [2.05, 4.69) is 48.6 Å². The number of benzene rings is 2. The Kier molecular flexibility index (Phi) is 5.77. The van der Waals surface area contributed by atoms with Crippen molar-refractivity contribution in [2.75, 3.05) is 12.3 Å². The van der Waals surface area contributed by atoms with Crippen LogP contribution in [0, 0.1) is 0 Å². The minimum Gasteiger partial charge on any atom is -0.309 e. The van der Waals surface area contributed by atoms with Gasteiger partial charge in [-0.1, -0.05) is 48.9 Å². The van der Waals surface area contributed by atoms with E-state index in [4.69, 9.17) is 11.6 Å². The fourth-order valence-electron chi connectivity index (χ4n) is 1.91. The predicted molar refractivity (Wildman–Crippen MR) is 85.0 cm³/mol. The highest BCUT2D eigenvalue weighted by Crippen LogP contribution is 2.25. The molecular formula is C16H18ClNS. The molecule has 0 aliphatic rings. The second-order valence-electron chi connectivity index (χ2n) is 4.29. The van der Waals surface area contributed by atoms with E-state index >= 15 is 0 Å². The second-order valence-corrected chi connectivity index (χ2v) is 5.82. The second kappa shape index (κ2) is 7.59. The summed E-state index contributed by atoms with van der Waals surface area (Å²) in [5.41, 5.74) is 1.29. The van der Waals surface area contributed by atoms with Gasteiger partial charge in [0, 0.05) is 21.7 Å². The van der Waals surface area contributed by atoms with Crippen molar-refractivity contribution < 1.29 is 0 Å². The summed E-state index contributed by atoms with van der Waals surface area (Å²) < 4.78 is 0. The molecule has 2 rings (SSSR count). The molecule has 0 saturated heterocycles. The van der Waals surface area contributed by atoms with Crippen LogP contribution in [0.1, 0.15) is 18.5 Å². The van der Waals surface area contributed by atoms with Gasteiger partial charge in [-0.2, -0.15) is 0 Å². The lowest BCUT2D eigenvalue weighted by Gasteiger charge is -2.18. The SMILES string of the molecule is CCNC(CSc1ccccc1)c1ccc(Cl)cc1. The van der Waals surface area contributed by atoms with Crippen LogP contribution in [0.5, 0.6) is 0 Å². The van der Waals surface area contributed by atoms with Crippen LogP contribution < -0.4 is 5.32 Å². The third kappa shape index (κ3) is 4.57. The first kappa shape index (κ1) is 14.4. The lowest BCUT2D eigenvalue weighted by Crippen LogP contribution is -2.22. The molecule has 19 heavy (non-hydrogen) atoms. The summed E-state index contributed by atoms with van der Waals surface area (Å²) in [7, 11) is 0. The number of nitrogens with one attached hydrogen (secondary N) is 1. The minimum absolute atomic E-state index is 0.354. The number of hydrogen-bond donors (Lipinski definition) is 1. The molecule has 0 bridgehead atoms. The standard InChI is InChI=1S/C16H18ClNS/c1-2-18-16(13-8-10-14(17)11-9-13)12-19-15-6-4-3-5-7-15/h3-11,16,18H,2,12H2,1H3. The average molecular weight is 292 g/mol. The molecule has 3 heteroatoms. The predicted octanol–water partition coefficient (Wildman–Crippen LogP) is 4.78. The molecule has 100 valence electrons. The van der Waals surface area contributed by atoms with Crippen LogP contribution in [0.25, 0.3) is 0 Å². The first-order valence-electron chi connectivity index (χ1n) is 6.46. The summed E-state index contributed by atoms with van der Waals surface area (Å²) in [6.07, 6.45) is 0. The molecular weight excluding hydrogens is 274 g/mol. The summed E-state index contributed by atoms with van der Waals surface area (Å²) in [5, 5.41) is 4.31. The highest BCUT2D eigenvalue weighted by atomic mass is 35.5. The lowest BCUT2D eigenvalue weighted by molar-refractivity contribution is 0.606. The first-order valence-corrected chi connectivity index (χ1v) is 7.82. The Morgan fingerprint density at radius 3 is 2.37 bits per heavy atom. The van der Waals surface area contributed by atoms with Crippen molar-refractivity contribution >= 4 is 23.4 Å². The van der Waals surface area contributed by atoms with Crippen LogP contribution in [-0.4, -0.2) is 12.3 Å². The summed E-state index contributed by atoms with van der Waals surface area (Å²) >= 11 is 7.81. The Morgan fingerprint density at radius 1 is 1.05 bits per heavy atom. The summed E-state index contributed by atoms with van der Waals surface area (Å²) in [5.74, 6) is 1.01. The highest BCUT2D eigenvalue weighted by molar-refractivity contribution is 7.99. The topological polar surface area (TPSA) is 12.0 Å². The van der Waals surface area contributed by atoms with Gasteiger partial charge in [-0.3, -0.25) is 0 Å². The number of halogens is 1. The Bertz CT molecular complexity index is 484. The van der Waals surface area contributed by atoms with Crippen molar-refractivity contribution in [3.8, 4) is 0 Å². The van der Waals surface area contributed by atoms with Crippen molar-refractivity contribution in [3.05, 3.63) is 65.2 Å². The van der Waals surface area contributed by atoms with Crippen molar-refractivity contribution in [2.24, 2.45) is 0 Å². The fraction of sp³-hybridized carbons (Fsp3) is 0.250.